The number of thiophene rings is 1. The van der Waals surface area contributed by atoms with Gasteiger partial charge in [0.05, 0.1) is 19.8 Å². The van der Waals surface area contributed by atoms with Gasteiger partial charge in [0.2, 0.25) is 0 Å². The number of nitrogens with one attached hydrogen (secondary N) is 3. The number of methoxy groups -OCH3 is 2. The summed E-state index contributed by atoms with van der Waals surface area (Å²) >= 11 is 1.01. The molecule has 0 spiro atoms. The molecule has 1 aliphatic rings. The Kier molecular flexibility index (Phi) is 6.75. The Labute approximate surface area is 180 Å². The SMILES string of the molecule is COC(=O)c1c(NC(NNc2ccccc2)(C(=O)OC)C(F)(F)F)sc2c1CCCC2. The van der Waals surface area contributed by atoms with E-state index in [0.29, 0.717) is 24.1 Å². The molecule has 1 aromatic heterocycles. The van der Waals surface area contributed by atoms with Gasteiger partial charge < -0.3 is 20.2 Å². The third-order valence-corrected chi connectivity index (χ3v) is 6.15. The predicted molar refractivity (Wildman–Crippen MR) is 110 cm³/mol. The molecule has 0 saturated heterocycles. The van der Waals surface area contributed by atoms with E-state index in [0.717, 1.165) is 43.3 Å². The zero-order valence-corrected chi connectivity index (χ0v) is 17.7. The van der Waals surface area contributed by atoms with Gasteiger partial charge in [-0.05, 0) is 43.4 Å². The molecule has 0 aliphatic heterocycles. The van der Waals surface area contributed by atoms with Crippen molar-refractivity contribution in [2.45, 2.75) is 37.5 Å². The van der Waals surface area contributed by atoms with E-state index in [2.05, 4.69) is 15.5 Å². The number of hydrazine groups is 1. The van der Waals surface area contributed by atoms with Crippen LogP contribution < -0.4 is 16.2 Å². The van der Waals surface area contributed by atoms with Crippen molar-refractivity contribution in [2.75, 3.05) is 25.0 Å². The molecule has 0 fully saturated rings. The molecule has 0 saturated carbocycles. The van der Waals surface area contributed by atoms with Gasteiger partial charge in [-0.25, -0.2) is 9.59 Å². The maximum absolute atomic E-state index is 14.3. The van der Waals surface area contributed by atoms with Gasteiger partial charge >= 0.3 is 23.8 Å². The van der Waals surface area contributed by atoms with Crippen molar-refractivity contribution in [3.8, 4) is 0 Å². The van der Waals surface area contributed by atoms with Crippen LogP contribution in [0.4, 0.5) is 23.9 Å². The Hall–Kier alpha value is -2.79. The maximum Gasteiger partial charge on any atom is 0.438 e. The summed E-state index contributed by atoms with van der Waals surface area (Å²) in [6.45, 7) is 0. The quantitative estimate of drug-likeness (QED) is 0.330. The first kappa shape index (κ1) is 22.9. The zero-order valence-electron chi connectivity index (χ0n) is 16.9. The number of halogens is 3. The summed E-state index contributed by atoms with van der Waals surface area (Å²) in [5.74, 6) is -2.38. The van der Waals surface area contributed by atoms with Crippen LogP contribution in [-0.4, -0.2) is 38.0 Å². The molecule has 11 heteroatoms. The van der Waals surface area contributed by atoms with E-state index in [4.69, 9.17) is 4.74 Å². The lowest BCUT2D eigenvalue weighted by Crippen LogP contribution is -2.69. The molecular weight excluding hydrogens is 435 g/mol. The molecule has 1 heterocycles. The number of hydrogen-bond donors (Lipinski definition) is 3. The summed E-state index contributed by atoms with van der Waals surface area (Å²) in [7, 11) is 2.01. The fourth-order valence-corrected chi connectivity index (χ4v) is 4.71. The number of aryl methyl sites for hydroxylation is 1. The second-order valence-electron chi connectivity index (χ2n) is 6.89. The normalized spacial score (nSPS) is 15.4. The van der Waals surface area contributed by atoms with Crippen molar-refractivity contribution in [2.24, 2.45) is 0 Å². The smallest absolute Gasteiger partial charge is 0.438 e. The summed E-state index contributed by atoms with van der Waals surface area (Å²) in [6, 6.07) is 7.98. The summed E-state index contributed by atoms with van der Waals surface area (Å²) in [5, 5.41) is 2.13. The molecule has 2 aromatic rings. The molecule has 3 N–H and O–H groups in total. The highest BCUT2D eigenvalue weighted by Crippen LogP contribution is 2.42. The van der Waals surface area contributed by atoms with Crippen molar-refractivity contribution in [3.05, 3.63) is 46.3 Å². The molecule has 31 heavy (non-hydrogen) atoms. The van der Waals surface area contributed by atoms with E-state index in [1.807, 2.05) is 5.43 Å². The number of carbonyl (C=O) groups excluding carboxylic acids is 2. The third-order valence-electron chi connectivity index (χ3n) is 4.95. The second-order valence-corrected chi connectivity index (χ2v) is 7.99. The van der Waals surface area contributed by atoms with Crippen molar-refractivity contribution < 1.29 is 32.2 Å². The number of carbonyl (C=O) groups is 2. The van der Waals surface area contributed by atoms with Crippen LogP contribution in [0.5, 0.6) is 0 Å². The van der Waals surface area contributed by atoms with Crippen molar-refractivity contribution in [1.82, 2.24) is 5.43 Å². The minimum atomic E-state index is -5.14. The van der Waals surface area contributed by atoms with E-state index < -0.39 is 23.8 Å². The van der Waals surface area contributed by atoms with E-state index >= 15 is 0 Å². The predicted octanol–water partition coefficient (Wildman–Crippen LogP) is 3.87. The molecule has 0 radical (unpaired) electrons. The van der Waals surface area contributed by atoms with Crippen LogP contribution >= 0.6 is 11.3 Å². The number of hydrogen-bond acceptors (Lipinski definition) is 8. The molecule has 7 nitrogen and oxygen atoms in total. The van der Waals surface area contributed by atoms with Crippen molar-refractivity contribution in [3.63, 3.8) is 0 Å². The number of para-hydroxylation sites is 1. The van der Waals surface area contributed by atoms with Gasteiger partial charge in [0, 0.05) is 10.6 Å². The summed E-state index contributed by atoms with van der Waals surface area (Å²) < 4.78 is 52.3. The number of benzene rings is 1. The number of anilines is 2. The van der Waals surface area contributed by atoms with E-state index in [1.54, 1.807) is 18.2 Å². The van der Waals surface area contributed by atoms with Crippen LogP contribution in [0.2, 0.25) is 0 Å². The first-order valence-corrected chi connectivity index (χ1v) is 10.3. The van der Waals surface area contributed by atoms with Crippen LogP contribution in [0.25, 0.3) is 0 Å². The number of rotatable bonds is 7. The highest BCUT2D eigenvalue weighted by Gasteiger charge is 2.63. The Morgan fingerprint density at radius 1 is 1.03 bits per heavy atom. The number of alkyl halides is 3. The molecular formula is C20H22F3N3O4S. The number of ether oxygens (including phenoxy) is 2. The number of esters is 2. The molecule has 0 amide bonds. The average molecular weight is 457 g/mol. The molecule has 1 unspecified atom stereocenters. The number of fused-ring (bicyclic) bond motifs is 1. The van der Waals surface area contributed by atoms with E-state index in [1.165, 1.54) is 12.1 Å². The third kappa shape index (κ3) is 4.47. The van der Waals surface area contributed by atoms with Gasteiger partial charge in [-0.3, -0.25) is 0 Å². The van der Waals surface area contributed by atoms with Crippen LogP contribution in [0.3, 0.4) is 0 Å². The van der Waals surface area contributed by atoms with Crippen LogP contribution in [0, 0.1) is 0 Å². The lowest BCUT2D eigenvalue weighted by atomic mass is 9.95. The Morgan fingerprint density at radius 2 is 1.71 bits per heavy atom. The molecule has 1 aromatic carbocycles. The highest BCUT2D eigenvalue weighted by molar-refractivity contribution is 7.16. The lowest BCUT2D eigenvalue weighted by Gasteiger charge is -2.35. The van der Waals surface area contributed by atoms with Crippen molar-refractivity contribution in [1.29, 1.82) is 0 Å². The maximum atomic E-state index is 14.3. The van der Waals surface area contributed by atoms with E-state index in [-0.39, 0.29) is 10.6 Å². The van der Waals surface area contributed by atoms with Crippen LogP contribution in [0.1, 0.15) is 33.6 Å². The Bertz CT molecular complexity index is 949. The second kappa shape index (κ2) is 9.15. The fraction of sp³-hybridized carbons (Fsp3) is 0.400. The molecule has 1 aliphatic carbocycles. The topological polar surface area (TPSA) is 88.7 Å². The van der Waals surface area contributed by atoms with Gasteiger partial charge in [-0.15, -0.1) is 11.3 Å². The van der Waals surface area contributed by atoms with Crippen LogP contribution in [0.15, 0.2) is 30.3 Å². The van der Waals surface area contributed by atoms with Gasteiger partial charge in [0.15, 0.2) is 0 Å². The van der Waals surface area contributed by atoms with Crippen molar-refractivity contribution >= 4 is 34.0 Å². The van der Waals surface area contributed by atoms with Crippen LogP contribution in [-0.2, 0) is 27.1 Å². The fourth-order valence-electron chi connectivity index (χ4n) is 3.37. The lowest BCUT2D eigenvalue weighted by molar-refractivity contribution is -0.204. The Balaban J connectivity index is 2.07. The minimum Gasteiger partial charge on any atom is -0.466 e. The van der Waals surface area contributed by atoms with E-state index in [9.17, 15) is 22.8 Å². The molecule has 3 rings (SSSR count). The average Bonchev–Trinajstić information content (AvgIpc) is 3.13. The summed E-state index contributed by atoms with van der Waals surface area (Å²) in [4.78, 5) is 25.7. The standard InChI is InChI=1S/C20H22F3N3O4S/c1-29-17(27)15-13-10-6-7-11-14(13)31-16(15)24-19(18(28)30-2,20(21,22)23)26-25-12-8-4-3-5-9-12/h3-5,8-9,24-26H,6-7,10-11H2,1-2H3. The monoisotopic (exact) mass is 457 g/mol. The molecule has 0 bridgehead atoms. The largest absolute Gasteiger partial charge is 0.466 e. The van der Waals surface area contributed by atoms with Gasteiger partial charge in [-0.2, -0.15) is 18.6 Å². The zero-order chi connectivity index (χ0) is 22.6. The van der Waals surface area contributed by atoms with Gasteiger partial charge in [-0.1, -0.05) is 18.2 Å². The first-order chi connectivity index (χ1) is 14.7. The molecule has 168 valence electrons. The highest BCUT2D eigenvalue weighted by atomic mass is 32.1. The van der Waals surface area contributed by atoms with Gasteiger partial charge in [0.25, 0.3) is 0 Å². The van der Waals surface area contributed by atoms with Gasteiger partial charge in [0.1, 0.15) is 5.00 Å². The molecule has 1 atom stereocenters. The Morgan fingerprint density at radius 3 is 2.32 bits per heavy atom. The summed E-state index contributed by atoms with van der Waals surface area (Å²) in [5.41, 5.74) is 2.05. The minimum absolute atomic E-state index is 0.0150. The summed E-state index contributed by atoms with van der Waals surface area (Å²) in [6.07, 6.45) is -2.28. The first-order valence-electron chi connectivity index (χ1n) is 9.48.